The zero-order chi connectivity index (χ0) is 16.9. The van der Waals surface area contributed by atoms with E-state index in [9.17, 15) is 4.79 Å². The highest BCUT2D eigenvalue weighted by Crippen LogP contribution is 2.31. The van der Waals surface area contributed by atoms with E-state index in [1.54, 1.807) is 18.2 Å². The molecule has 0 aliphatic carbocycles. The van der Waals surface area contributed by atoms with Crippen LogP contribution in [0.2, 0.25) is 0 Å². The van der Waals surface area contributed by atoms with Gasteiger partial charge in [-0.2, -0.15) is 0 Å². The molecule has 2 N–H and O–H groups in total. The van der Waals surface area contributed by atoms with Gasteiger partial charge in [0.1, 0.15) is 0 Å². The number of ether oxygens (including phenoxy) is 1. The fourth-order valence-electron chi connectivity index (χ4n) is 2.89. The molecule has 1 aliphatic rings. The van der Waals surface area contributed by atoms with Gasteiger partial charge in [-0.25, -0.2) is 9.78 Å². The largest absolute Gasteiger partial charge is 0.481 e. The van der Waals surface area contributed by atoms with Crippen molar-refractivity contribution < 1.29 is 9.53 Å². The number of urea groups is 1. The molecule has 0 saturated carbocycles. The van der Waals surface area contributed by atoms with E-state index < -0.39 is 0 Å². The average molecular weight is 326 g/mol. The zero-order valence-corrected chi connectivity index (χ0v) is 14.0. The SMILES string of the molecule is CCNC(=O)N1CCc2ccc(NCc3cccnc3OC)cc21. The van der Waals surface area contributed by atoms with Gasteiger partial charge < -0.3 is 15.4 Å². The molecule has 2 amide bonds. The minimum absolute atomic E-state index is 0.0395. The Morgan fingerprint density at radius 2 is 2.25 bits per heavy atom. The first kappa shape index (κ1) is 16.1. The first-order chi connectivity index (χ1) is 11.7. The van der Waals surface area contributed by atoms with Crippen molar-refractivity contribution in [2.24, 2.45) is 0 Å². The minimum Gasteiger partial charge on any atom is -0.481 e. The van der Waals surface area contributed by atoms with Crippen LogP contribution in [0.15, 0.2) is 36.5 Å². The Kier molecular flexibility index (Phi) is 4.84. The number of pyridine rings is 1. The van der Waals surface area contributed by atoms with Gasteiger partial charge in [0, 0.05) is 37.1 Å². The zero-order valence-electron chi connectivity index (χ0n) is 14.0. The first-order valence-electron chi connectivity index (χ1n) is 8.13. The Hall–Kier alpha value is -2.76. The maximum atomic E-state index is 12.2. The molecule has 0 spiro atoms. The normalized spacial score (nSPS) is 12.7. The molecular formula is C18H22N4O2. The molecule has 0 bridgehead atoms. The van der Waals surface area contributed by atoms with Crippen molar-refractivity contribution in [2.75, 3.05) is 30.4 Å². The lowest BCUT2D eigenvalue weighted by atomic mass is 10.1. The van der Waals surface area contributed by atoms with Crippen LogP contribution in [0.4, 0.5) is 16.2 Å². The van der Waals surface area contributed by atoms with Crippen LogP contribution in [-0.2, 0) is 13.0 Å². The van der Waals surface area contributed by atoms with E-state index in [0.717, 1.165) is 29.9 Å². The van der Waals surface area contributed by atoms with E-state index in [2.05, 4.69) is 21.7 Å². The number of fused-ring (bicyclic) bond motifs is 1. The number of methoxy groups -OCH3 is 1. The summed E-state index contributed by atoms with van der Waals surface area (Å²) in [6.07, 6.45) is 2.60. The average Bonchev–Trinajstić information content (AvgIpc) is 3.03. The number of aromatic nitrogens is 1. The quantitative estimate of drug-likeness (QED) is 0.887. The number of hydrogen-bond donors (Lipinski definition) is 2. The van der Waals surface area contributed by atoms with Gasteiger partial charge in [-0.15, -0.1) is 0 Å². The van der Waals surface area contributed by atoms with Gasteiger partial charge in [0.05, 0.1) is 12.8 Å². The number of anilines is 2. The Balaban J connectivity index is 1.74. The molecule has 1 aromatic carbocycles. The van der Waals surface area contributed by atoms with E-state index in [0.29, 0.717) is 19.0 Å². The number of amides is 2. The molecule has 2 aromatic rings. The van der Waals surface area contributed by atoms with Gasteiger partial charge in [0.15, 0.2) is 0 Å². The lowest BCUT2D eigenvalue weighted by Gasteiger charge is -2.18. The van der Waals surface area contributed by atoms with Crippen LogP contribution < -0.4 is 20.3 Å². The predicted molar refractivity (Wildman–Crippen MR) is 94.7 cm³/mol. The monoisotopic (exact) mass is 326 g/mol. The fourth-order valence-corrected chi connectivity index (χ4v) is 2.89. The molecule has 1 aromatic heterocycles. The van der Waals surface area contributed by atoms with Crippen molar-refractivity contribution in [3.8, 4) is 5.88 Å². The fraction of sp³-hybridized carbons (Fsp3) is 0.333. The highest BCUT2D eigenvalue weighted by atomic mass is 16.5. The van der Waals surface area contributed by atoms with Crippen molar-refractivity contribution in [3.63, 3.8) is 0 Å². The lowest BCUT2D eigenvalue weighted by Crippen LogP contribution is -2.38. The van der Waals surface area contributed by atoms with Crippen LogP contribution >= 0.6 is 0 Å². The number of nitrogens with one attached hydrogen (secondary N) is 2. The van der Waals surface area contributed by atoms with Gasteiger partial charge in [0.2, 0.25) is 5.88 Å². The number of rotatable bonds is 5. The first-order valence-corrected chi connectivity index (χ1v) is 8.13. The van der Waals surface area contributed by atoms with Gasteiger partial charge >= 0.3 is 6.03 Å². The third-order valence-corrected chi connectivity index (χ3v) is 4.08. The van der Waals surface area contributed by atoms with Crippen LogP contribution in [0.3, 0.4) is 0 Å². The molecule has 0 radical (unpaired) electrons. The summed E-state index contributed by atoms with van der Waals surface area (Å²) >= 11 is 0. The highest BCUT2D eigenvalue weighted by Gasteiger charge is 2.24. The molecule has 0 saturated heterocycles. The summed E-state index contributed by atoms with van der Waals surface area (Å²) < 4.78 is 5.27. The third-order valence-electron chi connectivity index (χ3n) is 4.08. The summed E-state index contributed by atoms with van der Waals surface area (Å²) in [4.78, 5) is 18.2. The van der Waals surface area contributed by atoms with Crippen LogP contribution in [0, 0.1) is 0 Å². The molecule has 1 aliphatic heterocycles. The maximum Gasteiger partial charge on any atom is 0.321 e. The van der Waals surface area contributed by atoms with Crippen LogP contribution in [0.5, 0.6) is 5.88 Å². The van der Waals surface area contributed by atoms with Gasteiger partial charge in [-0.1, -0.05) is 12.1 Å². The lowest BCUT2D eigenvalue weighted by molar-refractivity contribution is 0.247. The molecule has 126 valence electrons. The third kappa shape index (κ3) is 3.27. The molecule has 2 heterocycles. The molecule has 6 heteroatoms. The summed E-state index contributed by atoms with van der Waals surface area (Å²) in [7, 11) is 1.62. The number of hydrogen-bond acceptors (Lipinski definition) is 4. The second-order valence-corrected chi connectivity index (χ2v) is 5.61. The Bertz CT molecular complexity index is 733. The Morgan fingerprint density at radius 3 is 3.04 bits per heavy atom. The van der Waals surface area contributed by atoms with Crippen molar-refractivity contribution in [3.05, 3.63) is 47.7 Å². The Labute approximate surface area is 141 Å². The number of carbonyl (C=O) groups is 1. The van der Waals surface area contributed by atoms with Gasteiger partial charge in [0.25, 0.3) is 0 Å². The van der Waals surface area contributed by atoms with Crippen molar-refractivity contribution in [1.29, 1.82) is 0 Å². The molecule has 6 nitrogen and oxygen atoms in total. The summed E-state index contributed by atoms with van der Waals surface area (Å²) in [5.41, 5.74) is 4.13. The summed E-state index contributed by atoms with van der Waals surface area (Å²) in [6.45, 7) is 3.88. The molecule has 0 atom stereocenters. The maximum absolute atomic E-state index is 12.2. The van der Waals surface area contributed by atoms with E-state index in [-0.39, 0.29) is 6.03 Å². The highest BCUT2D eigenvalue weighted by molar-refractivity contribution is 5.94. The van der Waals surface area contributed by atoms with E-state index in [4.69, 9.17) is 4.74 Å². The minimum atomic E-state index is -0.0395. The van der Waals surface area contributed by atoms with E-state index >= 15 is 0 Å². The van der Waals surface area contributed by atoms with Crippen LogP contribution in [0.1, 0.15) is 18.1 Å². The number of benzene rings is 1. The van der Waals surface area contributed by atoms with Gasteiger partial charge in [-0.3, -0.25) is 4.90 Å². The molecule has 3 rings (SSSR count). The van der Waals surface area contributed by atoms with E-state index in [1.165, 1.54) is 5.56 Å². The molecular weight excluding hydrogens is 304 g/mol. The van der Waals surface area contributed by atoms with Crippen LogP contribution in [-0.4, -0.2) is 31.2 Å². The van der Waals surface area contributed by atoms with Crippen molar-refractivity contribution >= 4 is 17.4 Å². The number of nitrogens with zero attached hydrogens (tertiary/aromatic N) is 2. The Morgan fingerprint density at radius 1 is 1.38 bits per heavy atom. The van der Waals surface area contributed by atoms with Crippen LogP contribution in [0.25, 0.3) is 0 Å². The van der Waals surface area contributed by atoms with Crippen molar-refractivity contribution in [1.82, 2.24) is 10.3 Å². The second kappa shape index (κ2) is 7.21. The standard InChI is InChI=1S/C18H22N4O2/c1-3-19-18(23)22-10-8-13-6-7-15(11-16(13)22)21-12-14-5-4-9-20-17(14)24-2/h4-7,9,11,21H,3,8,10,12H2,1-2H3,(H,19,23). The summed E-state index contributed by atoms with van der Waals surface area (Å²) in [6, 6.07) is 9.98. The molecule has 24 heavy (non-hydrogen) atoms. The van der Waals surface area contributed by atoms with Crippen molar-refractivity contribution in [2.45, 2.75) is 19.9 Å². The van der Waals surface area contributed by atoms with Gasteiger partial charge in [-0.05, 0) is 37.1 Å². The van der Waals surface area contributed by atoms with E-state index in [1.807, 2.05) is 31.2 Å². The summed E-state index contributed by atoms with van der Waals surface area (Å²) in [5, 5.41) is 6.24. The molecule has 0 unspecified atom stereocenters. The molecule has 0 fully saturated rings. The second-order valence-electron chi connectivity index (χ2n) is 5.61. The number of carbonyl (C=O) groups excluding carboxylic acids is 1. The topological polar surface area (TPSA) is 66.5 Å². The smallest absolute Gasteiger partial charge is 0.321 e. The summed E-state index contributed by atoms with van der Waals surface area (Å²) in [5.74, 6) is 0.620. The predicted octanol–water partition coefficient (Wildman–Crippen LogP) is 2.79.